The van der Waals surface area contributed by atoms with Crippen molar-refractivity contribution >= 4 is 11.6 Å². The molecular weight excluding hydrogens is 480 g/mol. The molecule has 0 radical (unpaired) electrons. The molecule has 9 nitrogen and oxygen atoms in total. The summed E-state index contributed by atoms with van der Waals surface area (Å²) in [6.07, 6.45) is 3.19. The van der Waals surface area contributed by atoms with Gasteiger partial charge >= 0.3 is 0 Å². The second-order valence-corrected chi connectivity index (χ2v) is 10.3. The zero-order valence-corrected chi connectivity index (χ0v) is 22.6. The first-order chi connectivity index (χ1) is 18.5. The number of nitrogens with zero attached hydrogens (tertiary/aromatic N) is 5. The van der Waals surface area contributed by atoms with E-state index in [0.29, 0.717) is 12.4 Å². The first kappa shape index (κ1) is 26.0. The Morgan fingerprint density at radius 3 is 2.55 bits per heavy atom. The molecule has 1 unspecified atom stereocenters. The molecule has 2 fully saturated rings. The lowest BCUT2D eigenvalue weighted by atomic mass is 10.0. The summed E-state index contributed by atoms with van der Waals surface area (Å²) < 4.78 is 12.1. The third-order valence-corrected chi connectivity index (χ3v) is 7.54. The van der Waals surface area contributed by atoms with Crippen molar-refractivity contribution in [1.82, 2.24) is 25.0 Å². The molecule has 2 aromatic carbocycles. The average Bonchev–Trinajstić information content (AvgIpc) is 3.34. The molecule has 5 rings (SSSR count). The number of hydrogen-bond acceptors (Lipinski definition) is 7. The number of carbonyl (C=O) groups is 1. The van der Waals surface area contributed by atoms with Crippen molar-refractivity contribution < 1.29 is 14.3 Å². The van der Waals surface area contributed by atoms with Gasteiger partial charge in [0.15, 0.2) is 17.3 Å². The van der Waals surface area contributed by atoms with Gasteiger partial charge in [0.2, 0.25) is 5.91 Å². The number of rotatable bonds is 8. The molecule has 2 saturated heterocycles. The molecular formula is C29H38N6O3. The smallest absolute Gasteiger partial charge is 0.230 e. The number of ether oxygens (including phenoxy) is 2. The van der Waals surface area contributed by atoms with Crippen molar-refractivity contribution in [2.45, 2.75) is 44.8 Å². The molecule has 0 aliphatic carbocycles. The number of anilines is 1. The van der Waals surface area contributed by atoms with Crippen LogP contribution in [-0.2, 0) is 17.6 Å². The van der Waals surface area contributed by atoms with E-state index in [1.807, 2.05) is 24.0 Å². The van der Waals surface area contributed by atoms with E-state index in [1.54, 1.807) is 7.11 Å². The molecule has 3 aromatic rings. The predicted octanol–water partition coefficient (Wildman–Crippen LogP) is 3.10. The maximum atomic E-state index is 13.4. The fraction of sp³-hybridized carbons (Fsp3) is 0.483. The molecule has 1 N–H and O–H groups in total. The van der Waals surface area contributed by atoms with E-state index >= 15 is 0 Å². The number of aromatic nitrogens is 3. The fourth-order valence-corrected chi connectivity index (χ4v) is 5.42. The summed E-state index contributed by atoms with van der Waals surface area (Å²) in [7, 11) is 3.84. The summed E-state index contributed by atoms with van der Waals surface area (Å²) in [6, 6.07) is 16.6. The number of likely N-dealkylation sites (tertiary alicyclic amines) is 1. The van der Waals surface area contributed by atoms with Crippen molar-refractivity contribution in [2.75, 3.05) is 51.8 Å². The Kier molecular flexibility index (Phi) is 8.12. The maximum Gasteiger partial charge on any atom is 0.230 e. The van der Waals surface area contributed by atoms with Crippen molar-refractivity contribution in [3.8, 4) is 11.5 Å². The van der Waals surface area contributed by atoms with Crippen LogP contribution in [0, 0.1) is 6.92 Å². The lowest BCUT2D eigenvalue weighted by Gasteiger charge is -2.43. The van der Waals surface area contributed by atoms with Gasteiger partial charge in [-0.3, -0.25) is 9.89 Å². The van der Waals surface area contributed by atoms with Crippen LogP contribution in [0.25, 0.3) is 0 Å². The van der Waals surface area contributed by atoms with E-state index in [1.165, 1.54) is 5.56 Å². The highest BCUT2D eigenvalue weighted by Gasteiger charge is 2.32. The van der Waals surface area contributed by atoms with Crippen LogP contribution in [0.2, 0.25) is 0 Å². The van der Waals surface area contributed by atoms with E-state index < -0.39 is 0 Å². The van der Waals surface area contributed by atoms with E-state index in [0.717, 1.165) is 68.5 Å². The normalized spacial score (nSPS) is 19.0. The summed E-state index contributed by atoms with van der Waals surface area (Å²) in [5.74, 6) is 2.86. The molecule has 38 heavy (non-hydrogen) atoms. The van der Waals surface area contributed by atoms with Crippen LogP contribution in [0.4, 0.5) is 5.69 Å². The number of aromatic amines is 1. The quantitative estimate of drug-likeness (QED) is 0.490. The van der Waals surface area contributed by atoms with Crippen LogP contribution < -0.4 is 14.4 Å². The van der Waals surface area contributed by atoms with Crippen LogP contribution in [0.1, 0.15) is 30.1 Å². The van der Waals surface area contributed by atoms with E-state index in [4.69, 9.17) is 9.47 Å². The molecule has 3 heterocycles. The number of H-pyrrole nitrogens is 1. The molecule has 2 aliphatic heterocycles. The van der Waals surface area contributed by atoms with Gasteiger partial charge in [-0.15, -0.1) is 0 Å². The zero-order valence-electron chi connectivity index (χ0n) is 22.6. The van der Waals surface area contributed by atoms with Crippen LogP contribution >= 0.6 is 0 Å². The highest BCUT2D eigenvalue weighted by atomic mass is 16.5. The standard InChI is InChI=1S/C29H38N6O3/c1-21-30-28(32-31-21)19-29(36)35-16-15-34(20-24(35)17-22-7-5-4-6-8-22)23-9-10-26(37-3)27(18-23)38-25-11-13-33(2)14-12-25/h4-10,18,24-25H,11-17,19-20H2,1-3H3,(H,30,31,32). The average molecular weight is 519 g/mol. The van der Waals surface area contributed by atoms with Gasteiger partial charge in [0, 0.05) is 44.5 Å². The van der Waals surface area contributed by atoms with Gasteiger partial charge in [-0.25, -0.2) is 4.98 Å². The minimum absolute atomic E-state index is 0.0269. The molecule has 1 atom stereocenters. The van der Waals surface area contributed by atoms with Gasteiger partial charge in [-0.05, 0) is 50.9 Å². The molecule has 9 heteroatoms. The Morgan fingerprint density at radius 2 is 1.84 bits per heavy atom. The highest BCUT2D eigenvalue weighted by Crippen LogP contribution is 2.35. The van der Waals surface area contributed by atoms with E-state index in [2.05, 4.69) is 68.4 Å². The molecule has 1 amide bonds. The summed E-state index contributed by atoms with van der Waals surface area (Å²) in [4.78, 5) is 24.4. The van der Waals surface area contributed by atoms with Crippen LogP contribution in [0.5, 0.6) is 11.5 Å². The minimum Gasteiger partial charge on any atom is -0.493 e. The second kappa shape index (κ2) is 11.9. The molecule has 202 valence electrons. The Bertz CT molecular complexity index is 1210. The number of piperidine rings is 1. The Balaban J connectivity index is 1.34. The fourth-order valence-electron chi connectivity index (χ4n) is 5.42. The summed E-state index contributed by atoms with van der Waals surface area (Å²) in [5, 5.41) is 7.02. The Labute approximate surface area is 224 Å². The van der Waals surface area contributed by atoms with Gasteiger partial charge < -0.3 is 24.2 Å². The first-order valence-corrected chi connectivity index (χ1v) is 13.5. The molecule has 0 saturated carbocycles. The summed E-state index contributed by atoms with van der Waals surface area (Å²) >= 11 is 0. The number of benzene rings is 2. The first-order valence-electron chi connectivity index (χ1n) is 13.5. The van der Waals surface area contributed by atoms with Crippen LogP contribution in [0.3, 0.4) is 0 Å². The summed E-state index contributed by atoms with van der Waals surface area (Å²) in [5.41, 5.74) is 2.30. The second-order valence-electron chi connectivity index (χ2n) is 10.3. The SMILES string of the molecule is COc1ccc(N2CCN(C(=O)Cc3n[nH]c(C)n3)C(Cc3ccccc3)C2)cc1OC1CCN(C)CC1. The van der Waals surface area contributed by atoms with Crippen molar-refractivity contribution in [3.05, 3.63) is 65.7 Å². The Hall–Kier alpha value is -3.59. The van der Waals surface area contributed by atoms with E-state index in [-0.39, 0.29) is 24.5 Å². The van der Waals surface area contributed by atoms with Crippen molar-refractivity contribution in [1.29, 1.82) is 0 Å². The van der Waals surface area contributed by atoms with Crippen LogP contribution in [0.15, 0.2) is 48.5 Å². The minimum atomic E-state index is 0.0269. The number of aryl methyl sites for hydroxylation is 1. The van der Waals surface area contributed by atoms with Crippen molar-refractivity contribution in [2.24, 2.45) is 0 Å². The lowest BCUT2D eigenvalue weighted by molar-refractivity contribution is -0.133. The largest absolute Gasteiger partial charge is 0.493 e. The van der Waals surface area contributed by atoms with Crippen molar-refractivity contribution in [3.63, 3.8) is 0 Å². The Morgan fingerprint density at radius 1 is 1.05 bits per heavy atom. The van der Waals surface area contributed by atoms with Gasteiger partial charge in [0.05, 0.1) is 19.6 Å². The molecule has 0 bridgehead atoms. The number of methoxy groups -OCH3 is 1. The lowest BCUT2D eigenvalue weighted by Crippen LogP contribution is -2.56. The maximum absolute atomic E-state index is 13.4. The summed E-state index contributed by atoms with van der Waals surface area (Å²) in [6.45, 7) is 6.03. The third-order valence-electron chi connectivity index (χ3n) is 7.54. The van der Waals surface area contributed by atoms with E-state index in [9.17, 15) is 4.79 Å². The predicted molar refractivity (Wildman–Crippen MR) is 147 cm³/mol. The van der Waals surface area contributed by atoms with Gasteiger partial charge in [-0.1, -0.05) is 30.3 Å². The monoisotopic (exact) mass is 518 g/mol. The number of amides is 1. The molecule has 2 aliphatic rings. The number of piperazine rings is 1. The topological polar surface area (TPSA) is 86.8 Å². The highest BCUT2D eigenvalue weighted by molar-refractivity contribution is 5.78. The number of nitrogens with one attached hydrogen (secondary N) is 1. The molecule has 1 aromatic heterocycles. The van der Waals surface area contributed by atoms with Crippen LogP contribution in [-0.4, -0.2) is 89.9 Å². The van der Waals surface area contributed by atoms with Gasteiger partial charge in [0.25, 0.3) is 0 Å². The number of hydrogen-bond donors (Lipinski definition) is 1. The number of carbonyl (C=O) groups excluding carboxylic acids is 1. The van der Waals surface area contributed by atoms with Gasteiger partial charge in [0.1, 0.15) is 11.9 Å². The third kappa shape index (κ3) is 6.27. The zero-order chi connectivity index (χ0) is 26.5. The molecule has 0 spiro atoms. The van der Waals surface area contributed by atoms with Gasteiger partial charge in [-0.2, -0.15) is 5.10 Å².